The molecule has 6 nitrogen and oxygen atoms in total. The Kier molecular flexibility index (Phi) is 6.47. The number of rotatable bonds is 4. The third kappa shape index (κ3) is 4.38. The van der Waals surface area contributed by atoms with E-state index in [0.29, 0.717) is 19.0 Å². The first-order chi connectivity index (χ1) is 16.4. The molecular weight excluding hydrogens is 442 g/mol. The SMILES string of the molecule is CCC(C)c1nc(N2CCN(C(=O)Nc3ccccc3C)CC2)c2c3c(sc2n1)CC(C)CC3. The lowest BCUT2D eigenvalue weighted by atomic mass is 9.89. The second-order valence-corrected chi connectivity index (χ2v) is 11.0. The molecule has 2 amide bonds. The second-order valence-electron chi connectivity index (χ2n) is 9.97. The fourth-order valence-corrected chi connectivity index (χ4v) is 6.38. The summed E-state index contributed by atoms with van der Waals surface area (Å²) in [6.07, 6.45) is 4.54. The van der Waals surface area contributed by atoms with E-state index in [4.69, 9.17) is 9.97 Å². The molecule has 2 aliphatic rings. The summed E-state index contributed by atoms with van der Waals surface area (Å²) >= 11 is 1.88. The van der Waals surface area contributed by atoms with Crippen LogP contribution < -0.4 is 10.2 Å². The summed E-state index contributed by atoms with van der Waals surface area (Å²) in [6.45, 7) is 11.7. The van der Waals surface area contributed by atoms with Crippen molar-refractivity contribution in [2.75, 3.05) is 36.4 Å². The Morgan fingerprint density at radius 1 is 1.21 bits per heavy atom. The van der Waals surface area contributed by atoms with Crippen LogP contribution >= 0.6 is 11.3 Å². The smallest absolute Gasteiger partial charge is 0.321 e. The highest BCUT2D eigenvalue weighted by molar-refractivity contribution is 7.19. The molecule has 1 aliphatic carbocycles. The fourth-order valence-electron chi connectivity index (χ4n) is 5.00. The Hall–Kier alpha value is -2.67. The number of fused-ring (bicyclic) bond motifs is 3. The number of hydrogen-bond donors (Lipinski definition) is 1. The average Bonchev–Trinajstić information content (AvgIpc) is 3.21. The minimum atomic E-state index is -0.0241. The van der Waals surface area contributed by atoms with Crippen molar-refractivity contribution in [3.05, 3.63) is 46.1 Å². The Balaban J connectivity index is 1.40. The minimum absolute atomic E-state index is 0.0241. The van der Waals surface area contributed by atoms with E-state index in [9.17, 15) is 4.79 Å². The molecule has 2 aromatic heterocycles. The van der Waals surface area contributed by atoms with Gasteiger partial charge in [-0.1, -0.05) is 39.0 Å². The van der Waals surface area contributed by atoms with Crippen LogP contribution in [-0.4, -0.2) is 47.1 Å². The van der Waals surface area contributed by atoms with Gasteiger partial charge < -0.3 is 15.1 Å². The molecule has 34 heavy (non-hydrogen) atoms. The molecule has 1 aliphatic heterocycles. The van der Waals surface area contributed by atoms with E-state index in [0.717, 1.165) is 66.0 Å². The van der Waals surface area contributed by atoms with Crippen molar-refractivity contribution in [1.29, 1.82) is 0 Å². The highest BCUT2D eigenvalue weighted by Gasteiger charge is 2.29. The first-order valence-electron chi connectivity index (χ1n) is 12.6. The number of aromatic nitrogens is 2. The molecule has 180 valence electrons. The molecule has 3 aromatic rings. The highest BCUT2D eigenvalue weighted by Crippen LogP contribution is 2.42. The largest absolute Gasteiger partial charge is 0.352 e. The van der Waals surface area contributed by atoms with Crippen molar-refractivity contribution in [2.45, 2.75) is 59.3 Å². The molecule has 0 spiro atoms. The number of aryl methyl sites for hydroxylation is 2. The number of nitrogens with one attached hydrogen (secondary N) is 1. The van der Waals surface area contributed by atoms with Crippen LogP contribution in [0.5, 0.6) is 0 Å². The number of thiophene rings is 1. The predicted octanol–water partition coefficient (Wildman–Crippen LogP) is 5.99. The summed E-state index contributed by atoms with van der Waals surface area (Å²) in [7, 11) is 0. The molecule has 0 radical (unpaired) electrons. The summed E-state index contributed by atoms with van der Waals surface area (Å²) in [5.74, 6) is 3.12. The average molecular weight is 478 g/mol. The fraction of sp³-hybridized carbons (Fsp3) is 0.519. The van der Waals surface area contributed by atoms with Crippen molar-refractivity contribution in [2.24, 2.45) is 5.92 Å². The van der Waals surface area contributed by atoms with E-state index in [1.807, 2.05) is 47.4 Å². The van der Waals surface area contributed by atoms with Gasteiger partial charge in [0, 0.05) is 42.7 Å². The van der Waals surface area contributed by atoms with Crippen molar-refractivity contribution >= 4 is 39.1 Å². The van der Waals surface area contributed by atoms with Gasteiger partial charge in [0.25, 0.3) is 0 Å². The van der Waals surface area contributed by atoms with Gasteiger partial charge in [0.05, 0.1) is 5.39 Å². The quantitative estimate of drug-likeness (QED) is 0.501. The maximum atomic E-state index is 12.9. The standard InChI is InChI=1S/C27H35N5OS/c1-5-18(3)24-29-25(23-20-11-10-17(2)16-22(20)34-26(23)30-24)31-12-14-32(15-13-31)27(33)28-21-9-7-6-8-19(21)4/h6-9,17-18H,5,10-16H2,1-4H3,(H,28,33). The van der Waals surface area contributed by atoms with Gasteiger partial charge in [-0.25, -0.2) is 14.8 Å². The monoisotopic (exact) mass is 477 g/mol. The zero-order valence-electron chi connectivity index (χ0n) is 20.7. The molecule has 0 saturated carbocycles. The van der Waals surface area contributed by atoms with Crippen molar-refractivity contribution < 1.29 is 4.79 Å². The van der Waals surface area contributed by atoms with Gasteiger partial charge in [-0.2, -0.15) is 0 Å². The summed E-state index contributed by atoms with van der Waals surface area (Å²) in [4.78, 5) is 30.1. The van der Waals surface area contributed by atoms with E-state index in [1.165, 1.54) is 22.2 Å². The van der Waals surface area contributed by atoms with E-state index in [1.54, 1.807) is 0 Å². The molecule has 0 bridgehead atoms. The number of piperazine rings is 1. The van der Waals surface area contributed by atoms with Crippen molar-refractivity contribution in [1.82, 2.24) is 14.9 Å². The molecule has 7 heteroatoms. The van der Waals surface area contributed by atoms with Gasteiger partial charge in [-0.15, -0.1) is 11.3 Å². The molecule has 1 aromatic carbocycles. The molecule has 1 N–H and O–H groups in total. The normalized spacial score (nSPS) is 19.2. The lowest BCUT2D eigenvalue weighted by Crippen LogP contribution is -2.50. The van der Waals surface area contributed by atoms with Gasteiger partial charge in [-0.05, 0) is 55.7 Å². The van der Waals surface area contributed by atoms with Crippen LogP contribution in [-0.2, 0) is 12.8 Å². The van der Waals surface area contributed by atoms with Crippen LogP contribution in [0.25, 0.3) is 10.2 Å². The van der Waals surface area contributed by atoms with E-state index in [-0.39, 0.29) is 6.03 Å². The first kappa shape index (κ1) is 23.1. The number of para-hydroxylation sites is 1. The Bertz CT molecular complexity index is 1200. The number of anilines is 2. The van der Waals surface area contributed by atoms with Gasteiger partial charge in [0.1, 0.15) is 16.5 Å². The van der Waals surface area contributed by atoms with Crippen LogP contribution in [0.15, 0.2) is 24.3 Å². The van der Waals surface area contributed by atoms with Gasteiger partial charge in [0.2, 0.25) is 0 Å². The Labute approximate surface area is 206 Å². The minimum Gasteiger partial charge on any atom is -0.352 e. The number of amides is 2. The first-order valence-corrected chi connectivity index (χ1v) is 13.4. The zero-order valence-corrected chi connectivity index (χ0v) is 21.5. The van der Waals surface area contributed by atoms with Gasteiger partial charge in [-0.3, -0.25) is 0 Å². The van der Waals surface area contributed by atoms with Gasteiger partial charge >= 0.3 is 6.03 Å². The molecule has 3 heterocycles. The van der Waals surface area contributed by atoms with Crippen molar-refractivity contribution in [3.63, 3.8) is 0 Å². The maximum absolute atomic E-state index is 12.9. The molecule has 2 atom stereocenters. The highest BCUT2D eigenvalue weighted by atomic mass is 32.1. The van der Waals surface area contributed by atoms with E-state index >= 15 is 0 Å². The van der Waals surface area contributed by atoms with Gasteiger partial charge in [0.15, 0.2) is 0 Å². The van der Waals surface area contributed by atoms with Crippen LogP contribution in [0.3, 0.4) is 0 Å². The number of carbonyl (C=O) groups is 1. The van der Waals surface area contributed by atoms with Crippen LogP contribution in [0.4, 0.5) is 16.3 Å². The number of hydrogen-bond acceptors (Lipinski definition) is 5. The summed E-state index contributed by atoms with van der Waals surface area (Å²) < 4.78 is 0. The van der Waals surface area contributed by atoms with Crippen LogP contribution in [0, 0.1) is 12.8 Å². The summed E-state index contributed by atoms with van der Waals surface area (Å²) in [5, 5.41) is 4.36. The topological polar surface area (TPSA) is 61.4 Å². The molecule has 1 saturated heterocycles. The number of nitrogens with zero attached hydrogens (tertiary/aromatic N) is 4. The Morgan fingerprint density at radius 3 is 2.71 bits per heavy atom. The third-order valence-corrected chi connectivity index (χ3v) is 8.61. The van der Waals surface area contributed by atoms with E-state index in [2.05, 4.69) is 31.0 Å². The molecular formula is C27H35N5OS. The van der Waals surface area contributed by atoms with E-state index < -0.39 is 0 Å². The number of carbonyl (C=O) groups excluding carboxylic acids is 1. The Morgan fingerprint density at radius 2 is 1.97 bits per heavy atom. The molecule has 2 unspecified atom stereocenters. The molecule has 1 fully saturated rings. The number of urea groups is 1. The lowest BCUT2D eigenvalue weighted by molar-refractivity contribution is 0.208. The van der Waals surface area contributed by atoms with Crippen molar-refractivity contribution in [3.8, 4) is 0 Å². The van der Waals surface area contributed by atoms with Crippen LogP contribution in [0.2, 0.25) is 0 Å². The maximum Gasteiger partial charge on any atom is 0.321 e. The van der Waals surface area contributed by atoms with Crippen LogP contribution in [0.1, 0.15) is 61.4 Å². The summed E-state index contributed by atoms with van der Waals surface area (Å²) in [6, 6.07) is 7.90. The zero-order chi connectivity index (χ0) is 23.8. The third-order valence-electron chi connectivity index (χ3n) is 7.46. The predicted molar refractivity (Wildman–Crippen MR) is 141 cm³/mol. The second kappa shape index (κ2) is 9.53. The lowest BCUT2D eigenvalue weighted by Gasteiger charge is -2.36. The summed E-state index contributed by atoms with van der Waals surface area (Å²) in [5.41, 5.74) is 3.43. The number of benzene rings is 1. The molecule has 5 rings (SSSR count).